The quantitative estimate of drug-likeness (QED) is 0.629. The topological polar surface area (TPSA) is 54.0 Å². The number of hydrogen-bond donors (Lipinski definition) is 0. The Balaban J connectivity index is 1.68. The normalized spacial score (nSPS) is 20.4. The minimum Gasteiger partial charge on any atom is -0.497 e. The highest BCUT2D eigenvalue weighted by Crippen LogP contribution is 2.52. The molecule has 0 aliphatic carbocycles. The standard InChI is InChI=1S/C18H16O5/c1-10(19)22-12-4-6-14-16(8-12)21-9-15-13-5-3-11(20-2)7-17(13)23-18(14)15/h3-8,15,18H,9H2,1-2H3/t15-,18+/m1/s1. The molecule has 0 radical (unpaired) electrons. The summed E-state index contributed by atoms with van der Waals surface area (Å²) < 4.78 is 22.4. The number of rotatable bonds is 2. The molecule has 2 aliphatic rings. The average molecular weight is 312 g/mol. The van der Waals surface area contributed by atoms with Crippen LogP contribution in [0.15, 0.2) is 36.4 Å². The molecule has 0 bridgehead atoms. The molecule has 0 unspecified atom stereocenters. The summed E-state index contributed by atoms with van der Waals surface area (Å²) in [6.45, 7) is 1.90. The number of ether oxygens (including phenoxy) is 4. The minimum absolute atomic E-state index is 0.0905. The molecule has 23 heavy (non-hydrogen) atoms. The fourth-order valence-electron chi connectivity index (χ4n) is 3.17. The first-order chi connectivity index (χ1) is 11.2. The molecule has 0 fully saturated rings. The van der Waals surface area contributed by atoms with Gasteiger partial charge in [0.15, 0.2) is 0 Å². The van der Waals surface area contributed by atoms with Gasteiger partial charge in [-0.25, -0.2) is 0 Å². The van der Waals surface area contributed by atoms with Gasteiger partial charge in [0.05, 0.1) is 19.6 Å². The largest absolute Gasteiger partial charge is 0.497 e. The second kappa shape index (κ2) is 5.19. The Kier molecular flexibility index (Phi) is 3.15. The lowest BCUT2D eigenvalue weighted by Gasteiger charge is -2.28. The Bertz CT molecular complexity index is 783. The smallest absolute Gasteiger partial charge is 0.308 e. The Hall–Kier alpha value is -2.69. The van der Waals surface area contributed by atoms with Gasteiger partial charge in [-0.05, 0) is 18.2 Å². The van der Waals surface area contributed by atoms with E-state index in [0.29, 0.717) is 18.1 Å². The predicted octanol–water partition coefficient (Wildman–Crippen LogP) is 3.23. The molecular weight excluding hydrogens is 296 g/mol. The van der Waals surface area contributed by atoms with E-state index in [1.807, 2.05) is 24.3 Å². The lowest BCUT2D eigenvalue weighted by Crippen LogP contribution is -2.23. The van der Waals surface area contributed by atoms with Crippen LogP contribution < -0.4 is 18.9 Å². The zero-order chi connectivity index (χ0) is 16.0. The van der Waals surface area contributed by atoms with Crippen LogP contribution in [0.4, 0.5) is 0 Å². The van der Waals surface area contributed by atoms with Crippen LogP contribution in [0.3, 0.4) is 0 Å². The first-order valence-electron chi connectivity index (χ1n) is 7.45. The molecule has 0 saturated heterocycles. The van der Waals surface area contributed by atoms with Gasteiger partial charge in [0.2, 0.25) is 0 Å². The number of carbonyl (C=O) groups is 1. The molecule has 2 atom stereocenters. The highest BCUT2D eigenvalue weighted by atomic mass is 16.5. The van der Waals surface area contributed by atoms with Crippen molar-refractivity contribution in [1.29, 1.82) is 0 Å². The zero-order valence-electron chi connectivity index (χ0n) is 12.9. The monoisotopic (exact) mass is 312 g/mol. The summed E-state index contributed by atoms with van der Waals surface area (Å²) in [5.41, 5.74) is 2.10. The molecule has 2 heterocycles. The fraction of sp³-hybridized carbons (Fsp3) is 0.278. The van der Waals surface area contributed by atoms with Gasteiger partial charge in [-0.15, -0.1) is 0 Å². The third-order valence-electron chi connectivity index (χ3n) is 4.21. The van der Waals surface area contributed by atoms with Gasteiger partial charge in [-0.2, -0.15) is 0 Å². The molecule has 4 rings (SSSR count). The van der Waals surface area contributed by atoms with Crippen molar-refractivity contribution < 1.29 is 23.7 Å². The average Bonchev–Trinajstić information content (AvgIpc) is 2.91. The van der Waals surface area contributed by atoms with Crippen molar-refractivity contribution >= 4 is 5.97 Å². The van der Waals surface area contributed by atoms with E-state index >= 15 is 0 Å². The van der Waals surface area contributed by atoms with Gasteiger partial charge in [0.1, 0.15) is 29.1 Å². The highest BCUT2D eigenvalue weighted by Gasteiger charge is 2.40. The van der Waals surface area contributed by atoms with Crippen LogP contribution in [-0.2, 0) is 4.79 Å². The van der Waals surface area contributed by atoms with E-state index in [1.54, 1.807) is 19.2 Å². The number of methoxy groups -OCH3 is 1. The maximum absolute atomic E-state index is 11.1. The van der Waals surface area contributed by atoms with Crippen molar-refractivity contribution in [2.45, 2.75) is 18.9 Å². The molecule has 5 nitrogen and oxygen atoms in total. The number of fused-ring (bicyclic) bond motifs is 5. The zero-order valence-corrected chi connectivity index (χ0v) is 12.9. The lowest BCUT2D eigenvalue weighted by molar-refractivity contribution is -0.131. The molecule has 5 heteroatoms. The Labute approximate surface area is 133 Å². The number of carbonyl (C=O) groups excluding carboxylic acids is 1. The molecule has 0 amide bonds. The van der Waals surface area contributed by atoms with Crippen LogP contribution in [0.5, 0.6) is 23.0 Å². The molecule has 118 valence electrons. The fourth-order valence-corrected chi connectivity index (χ4v) is 3.17. The summed E-state index contributed by atoms with van der Waals surface area (Å²) in [6.07, 6.45) is -0.0905. The maximum atomic E-state index is 11.1. The Morgan fingerprint density at radius 2 is 1.83 bits per heavy atom. The van der Waals surface area contributed by atoms with Gasteiger partial charge in [-0.1, -0.05) is 6.07 Å². The van der Waals surface area contributed by atoms with E-state index in [0.717, 1.165) is 22.6 Å². The number of esters is 1. The molecule has 0 saturated carbocycles. The van der Waals surface area contributed by atoms with Gasteiger partial charge >= 0.3 is 5.97 Å². The van der Waals surface area contributed by atoms with Gasteiger partial charge < -0.3 is 18.9 Å². The van der Waals surface area contributed by atoms with E-state index in [-0.39, 0.29) is 18.0 Å². The Morgan fingerprint density at radius 3 is 2.61 bits per heavy atom. The summed E-state index contributed by atoms with van der Waals surface area (Å²) in [6, 6.07) is 11.3. The van der Waals surface area contributed by atoms with Crippen LogP contribution in [0.1, 0.15) is 30.1 Å². The van der Waals surface area contributed by atoms with Crippen molar-refractivity contribution in [3.63, 3.8) is 0 Å². The van der Waals surface area contributed by atoms with Gasteiger partial charge in [0, 0.05) is 30.2 Å². The van der Waals surface area contributed by atoms with Crippen molar-refractivity contribution in [1.82, 2.24) is 0 Å². The van der Waals surface area contributed by atoms with Crippen LogP contribution in [0.2, 0.25) is 0 Å². The van der Waals surface area contributed by atoms with E-state index in [9.17, 15) is 4.79 Å². The third kappa shape index (κ3) is 2.29. The van der Waals surface area contributed by atoms with Crippen molar-refractivity contribution in [3.05, 3.63) is 47.5 Å². The van der Waals surface area contributed by atoms with Crippen molar-refractivity contribution in [2.24, 2.45) is 0 Å². The van der Waals surface area contributed by atoms with Crippen LogP contribution in [0.25, 0.3) is 0 Å². The predicted molar refractivity (Wildman–Crippen MR) is 82.4 cm³/mol. The molecule has 2 aromatic rings. The van der Waals surface area contributed by atoms with E-state index in [4.69, 9.17) is 18.9 Å². The lowest BCUT2D eigenvalue weighted by atomic mass is 9.89. The second-order valence-electron chi connectivity index (χ2n) is 5.65. The maximum Gasteiger partial charge on any atom is 0.308 e. The van der Waals surface area contributed by atoms with Crippen LogP contribution in [-0.4, -0.2) is 19.7 Å². The summed E-state index contributed by atoms with van der Waals surface area (Å²) in [5, 5.41) is 0. The summed E-state index contributed by atoms with van der Waals surface area (Å²) >= 11 is 0. The minimum atomic E-state index is -0.352. The van der Waals surface area contributed by atoms with Crippen molar-refractivity contribution in [3.8, 4) is 23.0 Å². The molecule has 2 aromatic carbocycles. The van der Waals surface area contributed by atoms with Crippen LogP contribution in [0, 0.1) is 0 Å². The molecular formula is C18H16O5. The Morgan fingerprint density at radius 1 is 1.09 bits per heavy atom. The molecule has 2 aliphatic heterocycles. The van der Waals surface area contributed by atoms with E-state index in [2.05, 4.69) is 0 Å². The number of hydrogen-bond acceptors (Lipinski definition) is 5. The highest BCUT2D eigenvalue weighted by molar-refractivity contribution is 5.69. The first kappa shape index (κ1) is 13.9. The summed E-state index contributed by atoms with van der Waals surface area (Å²) in [5.74, 6) is 2.59. The summed E-state index contributed by atoms with van der Waals surface area (Å²) in [7, 11) is 1.64. The van der Waals surface area contributed by atoms with Crippen molar-refractivity contribution in [2.75, 3.05) is 13.7 Å². The molecule has 0 aromatic heterocycles. The SMILES string of the molecule is COc1ccc2c(c1)O[C@H]1c3ccc(OC(C)=O)cc3OC[C@H]21. The second-order valence-corrected chi connectivity index (χ2v) is 5.65. The van der Waals surface area contributed by atoms with E-state index in [1.165, 1.54) is 6.92 Å². The summed E-state index contributed by atoms with van der Waals surface area (Å²) in [4.78, 5) is 11.1. The number of benzene rings is 2. The van der Waals surface area contributed by atoms with Gasteiger partial charge in [0.25, 0.3) is 0 Å². The third-order valence-corrected chi connectivity index (χ3v) is 4.21. The van der Waals surface area contributed by atoms with Gasteiger partial charge in [-0.3, -0.25) is 4.79 Å². The first-order valence-corrected chi connectivity index (χ1v) is 7.45. The molecule has 0 spiro atoms. The molecule has 0 N–H and O–H groups in total. The van der Waals surface area contributed by atoms with Crippen LogP contribution >= 0.6 is 0 Å². The van der Waals surface area contributed by atoms with E-state index < -0.39 is 0 Å².